The van der Waals surface area contributed by atoms with Gasteiger partial charge in [0.05, 0.1) is 18.7 Å². The third kappa shape index (κ3) is 5.62. The molecule has 0 spiro atoms. The lowest BCUT2D eigenvalue weighted by molar-refractivity contribution is -0.139. The van der Waals surface area contributed by atoms with Crippen LogP contribution in [0.25, 0.3) is 0 Å². The topological polar surface area (TPSA) is 84.9 Å². The molecule has 0 radical (unpaired) electrons. The van der Waals surface area contributed by atoms with Crippen LogP contribution in [0.4, 0.5) is 0 Å². The number of benzene rings is 2. The highest BCUT2D eigenvalue weighted by atomic mass is 35.5. The number of carboxylic acid groups (broad SMARTS) is 1. The van der Waals surface area contributed by atoms with Crippen molar-refractivity contribution in [3.63, 3.8) is 0 Å². The van der Waals surface area contributed by atoms with Crippen molar-refractivity contribution < 1.29 is 24.2 Å². The molecule has 0 heterocycles. The van der Waals surface area contributed by atoms with Gasteiger partial charge in [-0.05, 0) is 24.1 Å². The van der Waals surface area contributed by atoms with Gasteiger partial charge in [-0.1, -0.05) is 48.9 Å². The lowest BCUT2D eigenvalue weighted by Gasteiger charge is -2.17. The summed E-state index contributed by atoms with van der Waals surface area (Å²) in [5.41, 5.74) is 1.00. The van der Waals surface area contributed by atoms with E-state index in [1.807, 2.05) is 37.3 Å². The van der Waals surface area contributed by atoms with Crippen LogP contribution < -0.4 is 14.8 Å². The Bertz CT molecular complexity index is 794. The van der Waals surface area contributed by atoms with Crippen LogP contribution in [0.15, 0.2) is 42.5 Å². The molecule has 2 N–H and O–H groups in total. The second-order valence-electron chi connectivity index (χ2n) is 5.89. The number of aliphatic carboxylic acids is 1. The Kier molecular flexibility index (Phi) is 7.49. The van der Waals surface area contributed by atoms with E-state index in [-0.39, 0.29) is 17.0 Å². The third-order valence-electron chi connectivity index (χ3n) is 3.83. The fourth-order valence-electron chi connectivity index (χ4n) is 2.49. The van der Waals surface area contributed by atoms with Crippen molar-refractivity contribution in [1.29, 1.82) is 0 Å². The first-order valence-electron chi connectivity index (χ1n) is 8.54. The molecule has 2 aromatic carbocycles. The van der Waals surface area contributed by atoms with Crippen molar-refractivity contribution in [3.05, 3.63) is 58.6 Å². The maximum Gasteiger partial charge on any atom is 0.326 e. The minimum Gasteiger partial charge on any atom is -0.493 e. The monoisotopic (exact) mass is 391 g/mol. The Labute approximate surface area is 163 Å². The molecule has 0 saturated carbocycles. The number of carbonyl (C=O) groups excluding carboxylic acids is 1. The summed E-state index contributed by atoms with van der Waals surface area (Å²) in [5.74, 6) is -0.999. The van der Waals surface area contributed by atoms with Gasteiger partial charge in [0, 0.05) is 12.0 Å². The van der Waals surface area contributed by atoms with Crippen LogP contribution in [0.5, 0.6) is 11.5 Å². The highest BCUT2D eigenvalue weighted by Gasteiger charge is 2.23. The van der Waals surface area contributed by atoms with Crippen molar-refractivity contribution in [2.24, 2.45) is 0 Å². The molecule has 0 aliphatic carbocycles. The minimum absolute atomic E-state index is 0.171. The predicted octanol–water partition coefficient (Wildman–Crippen LogP) is 3.56. The zero-order valence-corrected chi connectivity index (χ0v) is 16.0. The molecule has 2 aromatic rings. The van der Waals surface area contributed by atoms with Crippen LogP contribution >= 0.6 is 11.6 Å². The lowest BCUT2D eigenvalue weighted by atomic mass is 10.1. The molecule has 7 heteroatoms. The van der Waals surface area contributed by atoms with Crippen molar-refractivity contribution in [2.45, 2.75) is 25.8 Å². The molecule has 0 saturated heterocycles. The van der Waals surface area contributed by atoms with Gasteiger partial charge in [-0.3, -0.25) is 4.79 Å². The Morgan fingerprint density at radius 3 is 2.52 bits per heavy atom. The fourth-order valence-corrected chi connectivity index (χ4v) is 2.75. The zero-order valence-electron chi connectivity index (χ0n) is 15.2. The molecular weight excluding hydrogens is 370 g/mol. The average Bonchev–Trinajstić information content (AvgIpc) is 2.66. The van der Waals surface area contributed by atoms with Gasteiger partial charge in [-0.2, -0.15) is 0 Å². The Morgan fingerprint density at radius 1 is 1.22 bits per heavy atom. The van der Waals surface area contributed by atoms with Crippen LogP contribution in [0.3, 0.4) is 0 Å². The van der Waals surface area contributed by atoms with Crippen LogP contribution in [-0.2, 0) is 11.2 Å². The zero-order chi connectivity index (χ0) is 19.8. The number of hydrogen-bond acceptors (Lipinski definition) is 4. The van der Waals surface area contributed by atoms with E-state index >= 15 is 0 Å². The van der Waals surface area contributed by atoms with Crippen LogP contribution in [0, 0.1) is 0 Å². The number of hydrogen-bond donors (Lipinski definition) is 2. The number of amides is 1. The normalized spacial score (nSPS) is 11.5. The number of carbonyl (C=O) groups is 2. The molecule has 144 valence electrons. The summed E-state index contributed by atoms with van der Waals surface area (Å²) < 4.78 is 10.8. The van der Waals surface area contributed by atoms with E-state index in [2.05, 4.69) is 5.32 Å². The second-order valence-corrected chi connectivity index (χ2v) is 6.30. The van der Waals surface area contributed by atoms with Gasteiger partial charge >= 0.3 is 5.97 Å². The maximum atomic E-state index is 12.6. The highest BCUT2D eigenvalue weighted by Crippen LogP contribution is 2.36. The molecule has 0 bridgehead atoms. The van der Waals surface area contributed by atoms with E-state index in [4.69, 9.17) is 21.1 Å². The highest BCUT2D eigenvalue weighted by molar-refractivity contribution is 6.32. The summed E-state index contributed by atoms with van der Waals surface area (Å²) >= 11 is 6.22. The summed E-state index contributed by atoms with van der Waals surface area (Å²) in [6.45, 7) is 2.42. The van der Waals surface area contributed by atoms with Gasteiger partial charge in [0.15, 0.2) is 11.5 Å². The third-order valence-corrected chi connectivity index (χ3v) is 4.11. The molecule has 2 rings (SSSR count). The van der Waals surface area contributed by atoms with Crippen molar-refractivity contribution >= 4 is 23.5 Å². The number of rotatable bonds is 9. The van der Waals surface area contributed by atoms with Crippen molar-refractivity contribution in [2.75, 3.05) is 13.7 Å². The van der Waals surface area contributed by atoms with Gasteiger partial charge in [0.2, 0.25) is 0 Å². The number of ether oxygens (including phenoxy) is 2. The fraction of sp³-hybridized carbons (Fsp3) is 0.300. The summed E-state index contributed by atoms with van der Waals surface area (Å²) in [6, 6.07) is 10.9. The van der Waals surface area contributed by atoms with Gasteiger partial charge in [0.1, 0.15) is 6.04 Å². The molecule has 27 heavy (non-hydrogen) atoms. The number of methoxy groups -OCH3 is 1. The summed E-state index contributed by atoms with van der Waals surface area (Å²) in [5, 5.41) is 12.2. The largest absolute Gasteiger partial charge is 0.493 e. The van der Waals surface area contributed by atoms with Gasteiger partial charge in [0.25, 0.3) is 5.91 Å². The first kappa shape index (κ1) is 20.6. The Balaban J connectivity index is 2.20. The summed E-state index contributed by atoms with van der Waals surface area (Å²) in [4.78, 5) is 24.1. The first-order valence-corrected chi connectivity index (χ1v) is 8.92. The van der Waals surface area contributed by atoms with Crippen molar-refractivity contribution in [1.82, 2.24) is 5.32 Å². The molecule has 1 unspecified atom stereocenters. The predicted molar refractivity (Wildman–Crippen MR) is 103 cm³/mol. The molecular formula is C20H22ClNO5. The molecule has 1 atom stereocenters. The molecule has 0 aliphatic rings. The molecule has 0 aromatic heterocycles. The van der Waals surface area contributed by atoms with Gasteiger partial charge in [-0.25, -0.2) is 4.79 Å². The summed E-state index contributed by atoms with van der Waals surface area (Å²) in [7, 11) is 1.45. The van der Waals surface area contributed by atoms with Crippen LogP contribution in [0.2, 0.25) is 5.02 Å². The molecule has 1 amide bonds. The Morgan fingerprint density at radius 2 is 1.93 bits per heavy atom. The maximum absolute atomic E-state index is 12.6. The van der Waals surface area contributed by atoms with Crippen molar-refractivity contribution in [3.8, 4) is 11.5 Å². The van der Waals surface area contributed by atoms with E-state index in [1.165, 1.54) is 19.2 Å². The molecule has 6 nitrogen and oxygen atoms in total. The molecule has 0 aliphatic heterocycles. The minimum atomic E-state index is -1.12. The van der Waals surface area contributed by atoms with E-state index < -0.39 is 17.9 Å². The Hall–Kier alpha value is -2.73. The summed E-state index contributed by atoms with van der Waals surface area (Å²) in [6.07, 6.45) is 0.964. The number of halogens is 1. The van der Waals surface area contributed by atoms with Crippen LogP contribution in [0.1, 0.15) is 29.3 Å². The SMILES string of the molecule is CCCOc1c(Cl)cc(C(=O)NC(Cc2ccccc2)C(=O)O)cc1OC. The standard InChI is InChI=1S/C20H22ClNO5/c1-3-9-27-18-15(21)11-14(12-17(18)26-2)19(23)22-16(20(24)25)10-13-7-5-4-6-8-13/h4-8,11-12,16H,3,9-10H2,1-2H3,(H,22,23)(H,24,25). The number of nitrogens with one attached hydrogen (secondary N) is 1. The number of carboxylic acids is 1. The van der Waals surface area contributed by atoms with E-state index in [9.17, 15) is 14.7 Å². The average molecular weight is 392 g/mol. The van der Waals surface area contributed by atoms with Crippen LogP contribution in [-0.4, -0.2) is 36.7 Å². The lowest BCUT2D eigenvalue weighted by Crippen LogP contribution is -2.42. The van der Waals surface area contributed by atoms with E-state index in [0.717, 1.165) is 12.0 Å². The molecule has 0 fully saturated rings. The smallest absolute Gasteiger partial charge is 0.326 e. The van der Waals surface area contributed by atoms with Gasteiger partial charge in [-0.15, -0.1) is 0 Å². The first-order chi connectivity index (χ1) is 13.0. The van der Waals surface area contributed by atoms with Gasteiger partial charge < -0.3 is 19.9 Å². The quantitative estimate of drug-likeness (QED) is 0.682. The van der Waals surface area contributed by atoms with E-state index in [0.29, 0.717) is 18.1 Å². The second kappa shape index (κ2) is 9.83. The van der Waals surface area contributed by atoms with E-state index in [1.54, 1.807) is 0 Å².